The maximum Gasteiger partial charge on any atom is 0.252 e. The second kappa shape index (κ2) is 9.59. The summed E-state index contributed by atoms with van der Waals surface area (Å²) in [4.78, 5) is 17.5. The molecule has 1 aromatic heterocycles. The van der Waals surface area contributed by atoms with Gasteiger partial charge in [0, 0.05) is 37.1 Å². The lowest BCUT2D eigenvalue weighted by molar-refractivity contribution is 0.0940. The van der Waals surface area contributed by atoms with E-state index in [2.05, 4.69) is 21.6 Å². The molecule has 0 fully saturated rings. The summed E-state index contributed by atoms with van der Waals surface area (Å²) in [6.07, 6.45) is 4.90. The van der Waals surface area contributed by atoms with Crippen molar-refractivity contribution < 1.29 is 17.9 Å². The largest absolute Gasteiger partial charge is 0.496 e. The molecule has 0 saturated heterocycles. The van der Waals surface area contributed by atoms with Crippen molar-refractivity contribution in [2.24, 2.45) is 7.05 Å². The van der Waals surface area contributed by atoms with Gasteiger partial charge in [0.25, 0.3) is 5.91 Å². The van der Waals surface area contributed by atoms with Crippen molar-refractivity contribution in [2.75, 3.05) is 13.7 Å². The Hall–Kier alpha value is -3.43. The molecule has 0 saturated carbocycles. The third kappa shape index (κ3) is 5.01. The summed E-state index contributed by atoms with van der Waals surface area (Å²) in [6, 6.07) is 12.5. The van der Waals surface area contributed by atoms with Crippen LogP contribution < -0.4 is 14.8 Å². The number of ether oxygens (including phenoxy) is 1. The molecule has 31 heavy (non-hydrogen) atoms. The molecular weight excluding hydrogens is 416 g/mol. The number of imidazole rings is 1. The molecule has 8 nitrogen and oxygen atoms in total. The number of sulfonamides is 1. The number of benzene rings is 2. The van der Waals surface area contributed by atoms with Crippen LogP contribution in [0.15, 0.2) is 78.5 Å². The van der Waals surface area contributed by atoms with Gasteiger partial charge in [-0.25, -0.2) is 18.1 Å². The molecule has 0 bridgehead atoms. The van der Waals surface area contributed by atoms with Crippen molar-refractivity contribution in [3.8, 4) is 5.75 Å². The Morgan fingerprint density at radius 1 is 1.23 bits per heavy atom. The number of carbonyl (C=O) groups is 1. The van der Waals surface area contributed by atoms with Crippen molar-refractivity contribution in [3.63, 3.8) is 0 Å². The molecule has 162 valence electrons. The van der Waals surface area contributed by atoms with Gasteiger partial charge in [-0.15, -0.1) is 6.58 Å². The highest BCUT2D eigenvalue weighted by atomic mass is 32.2. The van der Waals surface area contributed by atoms with E-state index in [4.69, 9.17) is 4.74 Å². The van der Waals surface area contributed by atoms with E-state index in [0.29, 0.717) is 17.1 Å². The maximum atomic E-state index is 13.0. The molecular formula is C22H24N4O4S. The first-order valence-corrected chi connectivity index (χ1v) is 11.0. The lowest BCUT2D eigenvalue weighted by atomic mass is 10.0. The average Bonchev–Trinajstić information content (AvgIpc) is 3.21. The number of nitrogens with one attached hydrogen (secondary N) is 2. The number of amides is 1. The van der Waals surface area contributed by atoms with Crippen molar-refractivity contribution >= 4 is 15.9 Å². The topological polar surface area (TPSA) is 102 Å². The van der Waals surface area contributed by atoms with Gasteiger partial charge < -0.3 is 14.6 Å². The van der Waals surface area contributed by atoms with Crippen LogP contribution in [0.25, 0.3) is 0 Å². The van der Waals surface area contributed by atoms with Crippen LogP contribution in [0.1, 0.15) is 27.8 Å². The number of rotatable bonds is 9. The lowest BCUT2D eigenvalue weighted by Gasteiger charge is -2.21. The normalized spacial score (nSPS) is 12.2. The number of para-hydroxylation sites is 1. The van der Waals surface area contributed by atoms with Gasteiger partial charge in [0.15, 0.2) is 0 Å². The fraction of sp³-hybridized carbons (Fsp3) is 0.182. The first kappa shape index (κ1) is 22.3. The second-order valence-corrected chi connectivity index (χ2v) is 8.48. The summed E-state index contributed by atoms with van der Waals surface area (Å²) in [5, 5.41) is 2.98. The van der Waals surface area contributed by atoms with E-state index < -0.39 is 16.1 Å². The molecule has 1 atom stereocenters. The summed E-state index contributed by atoms with van der Waals surface area (Å²) in [6.45, 7) is 3.61. The Labute approximate surface area is 181 Å². The first-order valence-electron chi connectivity index (χ1n) is 9.49. The van der Waals surface area contributed by atoms with Gasteiger partial charge in [0.1, 0.15) is 17.6 Å². The highest BCUT2D eigenvalue weighted by Crippen LogP contribution is 2.29. The predicted molar refractivity (Wildman–Crippen MR) is 117 cm³/mol. The minimum absolute atomic E-state index is 0.0660. The SMILES string of the molecule is C=CCNS(=O)(=O)c1ccc(C(=O)NC(c2ccccc2OC)c2nccn2C)cc1. The molecule has 1 heterocycles. The number of nitrogens with zero attached hydrogens (tertiary/aromatic N) is 2. The van der Waals surface area contributed by atoms with E-state index in [-0.39, 0.29) is 17.3 Å². The van der Waals surface area contributed by atoms with Crippen molar-refractivity contribution in [1.82, 2.24) is 19.6 Å². The minimum Gasteiger partial charge on any atom is -0.496 e. The van der Waals surface area contributed by atoms with Crippen LogP contribution in [0, 0.1) is 0 Å². The van der Waals surface area contributed by atoms with Gasteiger partial charge in [-0.05, 0) is 30.3 Å². The monoisotopic (exact) mass is 440 g/mol. The zero-order valence-electron chi connectivity index (χ0n) is 17.3. The van der Waals surface area contributed by atoms with E-state index in [0.717, 1.165) is 5.56 Å². The molecule has 0 aliphatic rings. The van der Waals surface area contributed by atoms with Crippen LogP contribution in [-0.2, 0) is 17.1 Å². The van der Waals surface area contributed by atoms with Crippen LogP contribution in [0.2, 0.25) is 0 Å². The fourth-order valence-corrected chi connectivity index (χ4v) is 4.09. The molecule has 3 aromatic rings. The van der Waals surface area contributed by atoms with Crippen molar-refractivity contribution in [2.45, 2.75) is 10.9 Å². The van der Waals surface area contributed by atoms with Crippen molar-refractivity contribution in [1.29, 1.82) is 0 Å². The standard InChI is InChI=1S/C22H24N4O4S/c1-4-13-24-31(28,29)17-11-9-16(10-12-17)22(27)25-20(21-23-14-15-26(21)2)18-7-5-6-8-19(18)30-3/h4-12,14-15,20,24H,1,13H2,2-3H3,(H,25,27). The summed E-state index contributed by atoms with van der Waals surface area (Å²) in [7, 11) is -0.259. The number of carbonyl (C=O) groups excluding carboxylic acids is 1. The van der Waals surface area contributed by atoms with Crippen LogP contribution in [0.3, 0.4) is 0 Å². The third-order valence-electron chi connectivity index (χ3n) is 4.69. The van der Waals surface area contributed by atoms with Crippen LogP contribution >= 0.6 is 0 Å². The number of hydrogen-bond acceptors (Lipinski definition) is 5. The van der Waals surface area contributed by atoms with Gasteiger partial charge in [-0.2, -0.15) is 0 Å². The molecule has 3 rings (SSSR count). The van der Waals surface area contributed by atoms with Crippen LogP contribution in [0.5, 0.6) is 5.75 Å². The van der Waals surface area contributed by atoms with E-state index in [1.165, 1.54) is 30.3 Å². The number of methoxy groups -OCH3 is 1. The molecule has 0 aliphatic carbocycles. The predicted octanol–water partition coefficient (Wildman–Crippen LogP) is 2.41. The summed E-state index contributed by atoms with van der Waals surface area (Å²) in [5.74, 6) is 0.873. The Kier molecular flexibility index (Phi) is 6.88. The zero-order chi connectivity index (χ0) is 22.4. The summed E-state index contributed by atoms with van der Waals surface area (Å²) >= 11 is 0. The molecule has 0 aliphatic heterocycles. The molecule has 0 spiro atoms. The van der Waals surface area contributed by atoms with Gasteiger partial charge in [0.05, 0.1) is 12.0 Å². The molecule has 2 aromatic carbocycles. The van der Waals surface area contributed by atoms with Gasteiger partial charge in [0.2, 0.25) is 10.0 Å². The zero-order valence-corrected chi connectivity index (χ0v) is 18.1. The molecule has 0 radical (unpaired) electrons. The quantitative estimate of drug-likeness (QED) is 0.498. The highest BCUT2D eigenvalue weighted by molar-refractivity contribution is 7.89. The Bertz CT molecular complexity index is 1170. The summed E-state index contributed by atoms with van der Waals surface area (Å²) in [5.41, 5.74) is 1.07. The lowest BCUT2D eigenvalue weighted by Crippen LogP contribution is -2.31. The Morgan fingerprint density at radius 2 is 1.94 bits per heavy atom. The number of hydrogen-bond donors (Lipinski definition) is 2. The maximum absolute atomic E-state index is 13.0. The molecule has 1 amide bonds. The number of aryl methyl sites for hydroxylation is 1. The van der Waals surface area contributed by atoms with E-state index in [9.17, 15) is 13.2 Å². The Balaban J connectivity index is 1.89. The summed E-state index contributed by atoms with van der Waals surface area (Å²) < 4.78 is 34.1. The van der Waals surface area contributed by atoms with E-state index in [1.54, 1.807) is 19.5 Å². The average molecular weight is 441 g/mol. The second-order valence-electron chi connectivity index (χ2n) is 6.71. The third-order valence-corrected chi connectivity index (χ3v) is 6.13. The van der Waals surface area contributed by atoms with E-state index >= 15 is 0 Å². The molecule has 1 unspecified atom stereocenters. The van der Waals surface area contributed by atoms with E-state index in [1.807, 2.05) is 35.9 Å². The van der Waals surface area contributed by atoms with Crippen LogP contribution in [-0.4, -0.2) is 37.5 Å². The molecule has 9 heteroatoms. The van der Waals surface area contributed by atoms with Crippen molar-refractivity contribution in [3.05, 3.63) is 90.5 Å². The highest BCUT2D eigenvalue weighted by Gasteiger charge is 2.24. The van der Waals surface area contributed by atoms with Gasteiger partial charge >= 0.3 is 0 Å². The Morgan fingerprint density at radius 3 is 2.55 bits per heavy atom. The minimum atomic E-state index is -3.66. The molecule has 2 N–H and O–H groups in total. The van der Waals surface area contributed by atoms with Crippen LogP contribution in [0.4, 0.5) is 0 Å². The van der Waals surface area contributed by atoms with Gasteiger partial charge in [-0.3, -0.25) is 4.79 Å². The fourth-order valence-electron chi connectivity index (χ4n) is 3.09. The van der Waals surface area contributed by atoms with Gasteiger partial charge in [-0.1, -0.05) is 24.3 Å². The first-order chi connectivity index (χ1) is 14.9. The number of aromatic nitrogens is 2. The smallest absolute Gasteiger partial charge is 0.252 e.